The molecule has 0 aromatic rings. The van der Waals surface area contributed by atoms with Crippen LogP contribution in [0.3, 0.4) is 0 Å². The summed E-state index contributed by atoms with van der Waals surface area (Å²) in [5.41, 5.74) is 0. The minimum atomic E-state index is -2.86. The van der Waals surface area contributed by atoms with Crippen LogP contribution in [0.5, 0.6) is 0 Å². The normalized spacial score (nSPS) is 12.3. The van der Waals surface area contributed by atoms with Crippen LogP contribution in [0, 0.1) is 0 Å². The van der Waals surface area contributed by atoms with Gasteiger partial charge in [-0.2, -0.15) is 0 Å². The molecule has 0 saturated heterocycles. The first kappa shape index (κ1) is 14.3. The van der Waals surface area contributed by atoms with Gasteiger partial charge in [-0.15, -0.1) is 0 Å². The maximum atomic E-state index is 10.9. The lowest BCUT2D eigenvalue weighted by molar-refractivity contribution is 0.155. The fourth-order valence-electron chi connectivity index (χ4n) is 0.970. The number of halogens is 1. The molecule has 0 unspecified atom stereocenters. The third kappa shape index (κ3) is 8.93. The smallest absolute Gasteiger partial charge is 0.148 e. The van der Waals surface area contributed by atoms with Crippen LogP contribution in [0.4, 0.5) is 0 Å². The molecule has 0 aliphatic heterocycles. The van der Waals surface area contributed by atoms with Crippen molar-refractivity contribution in [2.75, 3.05) is 50.7 Å². The predicted octanol–water partition coefficient (Wildman–Crippen LogP) is 0.374. The second-order valence-corrected chi connectivity index (χ2v) is 6.21. The van der Waals surface area contributed by atoms with Crippen molar-refractivity contribution in [2.45, 2.75) is 0 Å². The van der Waals surface area contributed by atoms with E-state index in [1.165, 1.54) is 6.26 Å². The summed E-state index contributed by atoms with van der Waals surface area (Å²) < 4.78 is 26.8. The van der Waals surface area contributed by atoms with Gasteiger partial charge in [0.05, 0.1) is 12.4 Å². The van der Waals surface area contributed by atoms with Crippen molar-refractivity contribution in [2.24, 2.45) is 0 Å². The van der Waals surface area contributed by atoms with Crippen LogP contribution < -0.4 is 0 Å². The van der Waals surface area contributed by atoms with Crippen LogP contribution in [0.15, 0.2) is 0 Å². The quantitative estimate of drug-likeness (QED) is 0.606. The van der Waals surface area contributed by atoms with E-state index in [4.69, 9.17) is 4.74 Å². The Kier molecular flexibility index (Phi) is 7.81. The summed E-state index contributed by atoms with van der Waals surface area (Å²) >= 11 is 3.33. The molecule has 0 rings (SSSR count). The molecule has 0 radical (unpaired) electrons. The Morgan fingerprint density at radius 1 is 1.29 bits per heavy atom. The molecule has 0 spiro atoms. The Morgan fingerprint density at radius 3 is 2.36 bits per heavy atom. The van der Waals surface area contributed by atoms with Gasteiger partial charge in [-0.1, -0.05) is 15.9 Å². The monoisotopic (exact) mass is 287 g/mol. The van der Waals surface area contributed by atoms with Gasteiger partial charge in [-0.05, 0) is 0 Å². The van der Waals surface area contributed by atoms with Gasteiger partial charge in [-0.3, -0.25) is 4.90 Å². The lowest BCUT2D eigenvalue weighted by Gasteiger charge is -2.19. The van der Waals surface area contributed by atoms with Crippen molar-refractivity contribution in [1.29, 1.82) is 0 Å². The minimum absolute atomic E-state index is 0.212. The van der Waals surface area contributed by atoms with Gasteiger partial charge in [0.1, 0.15) is 9.84 Å². The summed E-state index contributed by atoms with van der Waals surface area (Å²) in [4.78, 5) is 2.07. The summed E-state index contributed by atoms with van der Waals surface area (Å²) in [5.74, 6) is 0.212. The number of hydrogen-bond donors (Lipinski definition) is 0. The van der Waals surface area contributed by atoms with Crippen LogP contribution in [0.2, 0.25) is 0 Å². The Labute approximate surface area is 94.7 Å². The third-order valence-corrected chi connectivity index (χ3v) is 3.07. The summed E-state index contributed by atoms with van der Waals surface area (Å²) in [6.45, 7) is 2.83. The number of alkyl halides is 1. The van der Waals surface area contributed by atoms with Crippen LogP contribution in [-0.2, 0) is 14.6 Å². The first-order valence-corrected chi connectivity index (χ1v) is 7.63. The molecule has 6 heteroatoms. The maximum Gasteiger partial charge on any atom is 0.148 e. The molecule has 14 heavy (non-hydrogen) atoms. The van der Waals surface area contributed by atoms with Gasteiger partial charge in [0.2, 0.25) is 0 Å². The van der Waals surface area contributed by atoms with Gasteiger partial charge in [0.15, 0.2) is 0 Å². The topological polar surface area (TPSA) is 46.6 Å². The van der Waals surface area contributed by atoms with Gasteiger partial charge in [0, 0.05) is 38.3 Å². The maximum absolute atomic E-state index is 10.9. The average Bonchev–Trinajstić information content (AvgIpc) is 2.08. The molecule has 0 aromatic carbocycles. The third-order valence-electron chi connectivity index (χ3n) is 1.79. The van der Waals surface area contributed by atoms with E-state index in [1.807, 2.05) is 0 Å². The second kappa shape index (κ2) is 7.62. The lowest BCUT2D eigenvalue weighted by atomic mass is 10.5. The van der Waals surface area contributed by atoms with Crippen molar-refractivity contribution in [3.63, 3.8) is 0 Å². The Morgan fingerprint density at radius 2 is 1.93 bits per heavy atom. The van der Waals surface area contributed by atoms with Gasteiger partial charge < -0.3 is 4.74 Å². The zero-order chi connectivity index (χ0) is 11.0. The van der Waals surface area contributed by atoms with Gasteiger partial charge >= 0.3 is 0 Å². The first-order valence-electron chi connectivity index (χ1n) is 4.44. The number of ether oxygens (including phenoxy) is 1. The number of hydrogen-bond acceptors (Lipinski definition) is 4. The summed E-state index contributed by atoms with van der Waals surface area (Å²) in [7, 11) is -1.22. The van der Waals surface area contributed by atoms with E-state index in [2.05, 4.69) is 20.8 Å². The number of nitrogens with zero attached hydrogens (tertiary/aromatic N) is 1. The molecule has 0 saturated carbocycles. The van der Waals surface area contributed by atoms with E-state index in [1.54, 1.807) is 7.11 Å². The highest BCUT2D eigenvalue weighted by Crippen LogP contribution is 1.94. The highest BCUT2D eigenvalue weighted by atomic mass is 79.9. The van der Waals surface area contributed by atoms with E-state index in [-0.39, 0.29) is 5.75 Å². The average molecular weight is 288 g/mol. The summed E-state index contributed by atoms with van der Waals surface area (Å²) in [6.07, 6.45) is 1.26. The minimum Gasteiger partial charge on any atom is -0.383 e. The van der Waals surface area contributed by atoms with Gasteiger partial charge in [0.25, 0.3) is 0 Å². The Balaban J connectivity index is 3.84. The van der Waals surface area contributed by atoms with Crippen molar-refractivity contribution in [3.05, 3.63) is 0 Å². The molecular weight excluding hydrogens is 270 g/mol. The second-order valence-electron chi connectivity index (χ2n) is 3.15. The molecule has 0 atom stereocenters. The Hall–Kier alpha value is 0.350. The number of methoxy groups -OCH3 is 1. The molecule has 4 nitrogen and oxygen atoms in total. The Bertz CT molecular complexity index is 231. The van der Waals surface area contributed by atoms with Crippen LogP contribution in [0.25, 0.3) is 0 Å². The van der Waals surface area contributed by atoms with Crippen molar-refractivity contribution < 1.29 is 13.2 Å². The van der Waals surface area contributed by atoms with Crippen LogP contribution >= 0.6 is 15.9 Å². The molecule has 0 fully saturated rings. The molecule has 0 bridgehead atoms. The molecule has 0 aliphatic rings. The zero-order valence-electron chi connectivity index (χ0n) is 8.70. The fraction of sp³-hybridized carbons (Fsp3) is 1.00. The van der Waals surface area contributed by atoms with E-state index in [0.717, 1.165) is 18.4 Å². The zero-order valence-corrected chi connectivity index (χ0v) is 11.1. The highest BCUT2D eigenvalue weighted by Gasteiger charge is 2.08. The number of rotatable bonds is 8. The van der Waals surface area contributed by atoms with Crippen molar-refractivity contribution in [3.8, 4) is 0 Å². The highest BCUT2D eigenvalue weighted by molar-refractivity contribution is 9.09. The van der Waals surface area contributed by atoms with E-state index in [0.29, 0.717) is 13.2 Å². The standard InChI is InChI=1S/C8H18BrNO3S/c1-13-7-5-10(4-3-9)6-8-14(2,11)12/h3-8H2,1-2H3. The molecule has 86 valence electrons. The van der Waals surface area contributed by atoms with Gasteiger partial charge in [-0.25, -0.2) is 8.42 Å². The fourth-order valence-corrected chi connectivity index (χ4v) is 2.06. The summed E-state index contributed by atoms with van der Waals surface area (Å²) in [5, 5.41) is 0.848. The molecular formula is C8H18BrNO3S. The molecule has 0 amide bonds. The number of sulfone groups is 1. The van der Waals surface area contributed by atoms with Crippen molar-refractivity contribution >= 4 is 25.8 Å². The summed E-state index contributed by atoms with van der Waals surface area (Å²) in [6, 6.07) is 0. The van der Waals surface area contributed by atoms with E-state index in [9.17, 15) is 8.42 Å². The molecule has 0 aliphatic carbocycles. The predicted molar refractivity (Wildman–Crippen MR) is 61.8 cm³/mol. The SMILES string of the molecule is COCCN(CCBr)CCS(C)(=O)=O. The molecule has 0 heterocycles. The lowest BCUT2D eigenvalue weighted by Crippen LogP contribution is -2.33. The van der Waals surface area contributed by atoms with E-state index >= 15 is 0 Å². The van der Waals surface area contributed by atoms with Crippen LogP contribution in [-0.4, -0.2) is 64.0 Å². The van der Waals surface area contributed by atoms with Crippen LogP contribution in [0.1, 0.15) is 0 Å². The molecule has 0 aromatic heterocycles. The van der Waals surface area contributed by atoms with Crippen molar-refractivity contribution in [1.82, 2.24) is 4.90 Å². The van der Waals surface area contributed by atoms with E-state index < -0.39 is 9.84 Å². The molecule has 0 N–H and O–H groups in total. The first-order chi connectivity index (χ1) is 6.49. The largest absolute Gasteiger partial charge is 0.383 e.